The highest BCUT2D eigenvalue weighted by Gasteiger charge is 2.15. The Balaban J connectivity index is 1.82. The normalized spacial score (nSPS) is 11.2. The molecule has 5 nitrogen and oxygen atoms in total. The molecule has 0 aliphatic carbocycles. The van der Waals surface area contributed by atoms with Gasteiger partial charge in [-0.25, -0.2) is 0 Å². The lowest BCUT2D eigenvalue weighted by atomic mass is 10.1. The van der Waals surface area contributed by atoms with Crippen LogP contribution in [0.15, 0.2) is 48.5 Å². The van der Waals surface area contributed by atoms with Gasteiger partial charge in [-0.2, -0.15) is 5.26 Å². The molecule has 1 unspecified atom stereocenters. The quantitative estimate of drug-likeness (QED) is 0.850. The van der Waals surface area contributed by atoms with Crippen molar-refractivity contribution in [3.63, 3.8) is 0 Å². The summed E-state index contributed by atoms with van der Waals surface area (Å²) in [5, 5.41) is 11.9. The van der Waals surface area contributed by atoms with Crippen molar-refractivity contribution in [3.8, 4) is 17.6 Å². The number of amides is 1. The Morgan fingerprint density at radius 3 is 2.58 bits per heavy atom. The zero-order chi connectivity index (χ0) is 17.4. The van der Waals surface area contributed by atoms with Crippen LogP contribution in [0.5, 0.6) is 11.5 Å². The lowest BCUT2D eigenvalue weighted by molar-refractivity contribution is -0.127. The Kier molecular flexibility index (Phi) is 6.21. The van der Waals surface area contributed by atoms with E-state index >= 15 is 0 Å². The molecule has 2 rings (SSSR count). The summed E-state index contributed by atoms with van der Waals surface area (Å²) in [4.78, 5) is 12.1. The number of ether oxygens (including phenoxy) is 2. The number of carbonyl (C=O) groups is 1. The molecule has 0 bridgehead atoms. The average molecular weight is 324 g/mol. The molecular weight excluding hydrogens is 304 g/mol. The standard InChI is InChI=1S/C19H20N2O3/c1-14(24-18-6-4-3-5-16(18)13-20)19(22)21-12-11-15-7-9-17(23-2)10-8-15/h3-10,14H,11-12H2,1-2H3,(H,21,22). The Morgan fingerprint density at radius 2 is 1.92 bits per heavy atom. The van der Waals surface area contributed by atoms with E-state index in [2.05, 4.69) is 5.32 Å². The molecule has 0 aliphatic rings. The number of rotatable bonds is 7. The Morgan fingerprint density at radius 1 is 1.21 bits per heavy atom. The van der Waals surface area contributed by atoms with Gasteiger partial charge in [-0.05, 0) is 43.2 Å². The summed E-state index contributed by atoms with van der Waals surface area (Å²) in [5.41, 5.74) is 1.52. The first kappa shape index (κ1) is 17.4. The smallest absolute Gasteiger partial charge is 0.260 e. The lowest BCUT2D eigenvalue weighted by Crippen LogP contribution is -2.37. The van der Waals surface area contributed by atoms with Crippen molar-refractivity contribution in [3.05, 3.63) is 59.7 Å². The Bertz CT molecular complexity index is 720. The molecule has 0 radical (unpaired) electrons. The highest BCUT2D eigenvalue weighted by Crippen LogP contribution is 2.18. The molecule has 2 aromatic carbocycles. The van der Waals surface area contributed by atoms with Crippen molar-refractivity contribution in [1.29, 1.82) is 5.26 Å². The summed E-state index contributed by atoms with van der Waals surface area (Å²) in [5.74, 6) is 1.01. The SMILES string of the molecule is COc1ccc(CCNC(=O)C(C)Oc2ccccc2C#N)cc1. The molecule has 0 saturated carbocycles. The van der Waals surface area contributed by atoms with E-state index in [4.69, 9.17) is 14.7 Å². The number of nitrogens with one attached hydrogen (secondary N) is 1. The van der Waals surface area contributed by atoms with Gasteiger partial charge in [0.2, 0.25) is 0 Å². The van der Waals surface area contributed by atoms with E-state index in [1.54, 1.807) is 38.3 Å². The molecular formula is C19H20N2O3. The van der Waals surface area contributed by atoms with Crippen LogP contribution in [-0.4, -0.2) is 25.7 Å². The summed E-state index contributed by atoms with van der Waals surface area (Å²) in [6.45, 7) is 2.18. The van der Waals surface area contributed by atoms with E-state index in [-0.39, 0.29) is 5.91 Å². The number of hydrogen-bond donors (Lipinski definition) is 1. The summed E-state index contributed by atoms with van der Waals surface area (Å²) in [6, 6.07) is 16.6. The number of hydrogen-bond acceptors (Lipinski definition) is 4. The van der Waals surface area contributed by atoms with Crippen LogP contribution < -0.4 is 14.8 Å². The molecule has 1 amide bonds. The zero-order valence-electron chi connectivity index (χ0n) is 13.8. The Labute approximate surface area is 141 Å². The van der Waals surface area contributed by atoms with Crippen LogP contribution in [0.4, 0.5) is 0 Å². The second-order valence-electron chi connectivity index (χ2n) is 5.26. The van der Waals surface area contributed by atoms with Crippen molar-refractivity contribution in [2.75, 3.05) is 13.7 Å². The molecule has 0 aromatic heterocycles. The summed E-state index contributed by atoms with van der Waals surface area (Å²) in [6.07, 6.45) is 0.0485. The molecule has 1 N–H and O–H groups in total. The fourth-order valence-corrected chi connectivity index (χ4v) is 2.17. The Hall–Kier alpha value is -3.00. The van der Waals surface area contributed by atoms with E-state index in [1.807, 2.05) is 30.3 Å². The molecule has 5 heteroatoms. The molecule has 124 valence electrons. The maximum absolute atomic E-state index is 12.1. The molecule has 2 aromatic rings. The topological polar surface area (TPSA) is 71.3 Å². The molecule has 1 atom stereocenters. The molecule has 0 heterocycles. The maximum atomic E-state index is 12.1. The molecule has 0 spiro atoms. The van der Waals surface area contributed by atoms with Gasteiger partial charge in [-0.15, -0.1) is 0 Å². The first-order valence-corrected chi connectivity index (χ1v) is 7.70. The van der Waals surface area contributed by atoms with Gasteiger partial charge in [0.1, 0.15) is 17.6 Å². The predicted octanol–water partition coefficient (Wildman–Crippen LogP) is 2.69. The van der Waals surface area contributed by atoms with Gasteiger partial charge in [0.15, 0.2) is 6.10 Å². The third-order valence-corrected chi connectivity index (χ3v) is 3.55. The van der Waals surface area contributed by atoms with Crippen molar-refractivity contribution < 1.29 is 14.3 Å². The van der Waals surface area contributed by atoms with Crippen LogP contribution in [0.25, 0.3) is 0 Å². The van der Waals surface area contributed by atoms with Crippen LogP contribution in [-0.2, 0) is 11.2 Å². The van der Waals surface area contributed by atoms with E-state index < -0.39 is 6.10 Å². The first-order chi connectivity index (χ1) is 11.6. The third kappa shape index (κ3) is 4.75. The second kappa shape index (κ2) is 8.59. The predicted molar refractivity (Wildman–Crippen MR) is 91.0 cm³/mol. The maximum Gasteiger partial charge on any atom is 0.260 e. The largest absolute Gasteiger partial charge is 0.497 e. The van der Waals surface area contributed by atoms with Crippen LogP contribution in [0, 0.1) is 11.3 Å². The molecule has 0 aliphatic heterocycles. The van der Waals surface area contributed by atoms with Gasteiger partial charge >= 0.3 is 0 Å². The van der Waals surface area contributed by atoms with Crippen molar-refractivity contribution in [2.45, 2.75) is 19.4 Å². The average Bonchev–Trinajstić information content (AvgIpc) is 2.62. The number of carbonyl (C=O) groups excluding carboxylic acids is 1. The number of methoxy groups -OCH3 is 1. The van der Waals surface area contributed by atoms with Gasteiger partial charge in [-0.1, -0.05) is 24.3 Å². The van der Waals surface area contributed by atoms with Crippen molar-refractivity contribution >= 4 is 5.91 Å². The van der Waals surface area contributed by atoms with Gasteiger partial charge in [0, 0.05) is 6.54 Å². The van der Waals surface area contributed by atoms with Crippen LogP contribution in [0.1, 0.15) is 18.1 Å². The minimum atomic E-state index is -0.671. The minimum absolute atomic E-state index is 0.212. The summed E-state index contributed by atoms with van der Waals surface area (Å²) in [7, 11) is 1.63. The van der Waals surface area contributed by atoms with Crippen molar-refractivity contribution in [1.82, 2.24) is 5.32 Å². The number of para-hydroxylation sites is 1. The third-order valence-electron chi connectivity index (χ3n) is 3.55. The highest BCUT2D eigenvalue weighted by molar-refractivity contribution is 5.80. The van der Waals surface area contributed by atoms with Gasteiger partial charge in [-0.3, -0.25) is 4.79 Å². The fourth-order valence-electron chi connectivity index (χ4n) is 2.17. The van der Waals surface area contributed by atoms with E-state index in [9.17, 15) is 4.79 Å². The zero-order valence-corrected chi connectivity index (χ0v) is 13.8. The summed E-state index contributed by atoms with van der Waals surface area (Å²) < 4.78 is 10.7. The van der Waals surface area contributed by atoms with E-state index in [1.165, 1.54) is 0 Å². The van der Waals surface area contributed by atoms with E-state index in [0.717, 1.165) is 17.7 Å². The number of nitrogens with zero attached hydrogens (tertiary/aromatic N) is 1. The summed E-state index contributed by atoms with van der Waals surface area (Å²) >= 11 is 0. The van der Waals surface area contributed by atoms with Gasteiger partial charge in [0.05, 0.1) is 12.7 Å². The number of nitriles is 1. The van der Waals surface area contributed by atoms with Crippen LogP contribution >= 0.6 is 0 Å². The number of benzene rings is 2. The van der Waals surface area contributed by atoms with Crippen molar-refractivity contribution in [2.24, 2.45) is 0 Å². The molecule has 24 heavy (non-hydrogen) atoms. The second-order valence-corrected chi connectivity index (χ2v) is 5.26. The lowest BCUT2D eigenvalue weighted by Gasteiger charge is -2.15. The molecule has 0 fully saturated rings. The highest BCUT2D eigenvalue weighted by atomic mass is 16.5. The van der Waals surface area contributed by atoms with Gasteiger partial charge in [0.25, 0.3) is 5.91 Å². The van der Waals surface area contributed by atoms with E-state index in [0.29, 0.717) is 17.9 Å². The monoisotopic (exact) mass is 324 g/mol. The first-order valence-electron chi connectivity index (χ1n) is 7.70. The molecule has 0 saturated heterocycles. The van der Waals surface area contributed by atoms with Crippen LogP contribution in [0.3, 0.4) is 0 Å². The fraction of sp³-hybridized carbons (Fsp3) is 0.263. The minimum Gasteiger partial charge on any atom is -0.497 e. The van der Waals surface area contributed by atoms with Crippen LogP contribution in [0.2, 0.25) is 0 Å². The van der Waals surface area contributed by atoms with Gasteiger partial charge < -0.3 is 14.8 Å².